The summed E-state index contributed by atoms with van der Waals surface area (Å²) in [5.74, 6) is 1.33. The van der Waals surface area contributed by atoms with Crippen LogP contribution in [0.15, 0.2) is 77.7 Å². The van der Waals surface area contributed by atoms with Crippen LogP contribution >= 0.6 is 11.3 Å². The van der Waals surface area contributed by atoms with Crippen LogP contribution in [0.2, 0.25) is 0 Å². The minimum Gasteiger partial charge on any atom is -0.497 e. The third kappa shape index (κ3) is 4.83. The molecule has 5 rings (SSSR count). The van der Waals surface area contributed by atoms with E-state index >= 15 is 0 Å². The Balaban J connectivity index is 1.40. The number of methoxy groups -OCH3 is 1. The van der Waals surface area contributed by atoms with Gasteiger partial charge in [-0.25, -0.2) is 8.42 Å². The Morgan fingerprint density at radius 3 is 2.25 bits per heavy atom. The minimum absolute atomic E-state index is 0.118. The van der Waals surface area contributed by atoms with Crippen molar-refractivity contribution in [3.63, 3.8) is 0 Å². The molecule has 9 nitrogen and oxygen atoms in total. The number of hydrogen-bond acceptors (Lipinski definition) is 9. The monoisotopic (exact) mass is 518 g/mol. The van der Waals surface area contributed by atoms with Crippen molar-refractivity contribution in [1.29, 1.82) is 0 Å². The number of sulfonamides is 1. The maximum Gasteiger partial charge on any atom is 0.263 e. The van der Waals surface area contributed by atoms with E-state index in [0.717, 1.165) is 32.8 Å². The first-order valence-corrected chi connectivity index (χ1v) is 13.4. The summed E-state index contributed by atoms with van der Waals surface area (Å²) in [6.07, 6.45) is 0.693. The van der Waals surface area contributed by atoms with E-state index in [1.54, 1.807) is 19.2 Å². The SMILES string of the molecule is CCc1nnc(NS(=O)(=O)c2ccc(Nc3nnc(-c4ccc(OC)cc4)c4ccccc34)cc2)s1. The molecule has 0 unspecified atom stereocenters. The first kappa shape index (κ1) is 23.6. The van der Waals surface area contributed by atoms with Crippen LogP contribution in [0.1, 0.15) is 11.9 Å². The molecule has 3 aromatic carbocycles. The lowest BCUT2D eigenvalue weighted by Gasteiger charge is -2.12. The Hall–Kier alpha value is -4.09. The molecule has 0 aliphatic rings. The molecular formula is C25H22N6O3S2. The molecule has 182 valence electrons. The Kier molecular flexibility index (Phi) is 6.49. The Morgan fingerprint density at radius 2 is 1.58 bits per heavy atom. The summed E-state index contributed by atoms with van der Waals surface area (Å²) in [6, 6.07) is 21.9. The van der Waals surface area contributed by atoms with Gasteiger partial charge in [0.1, 0.15) is 16.5 Å². The van der Waals surface area contributed by atoms with Gasteiger partial charge in [0.15, 0.2) is 5.82 Å². The van der Waals surface area contributed by atoms with Crippen LogP contribution in [0, 0.1) is 0 Å². The number of aryl methyl sites for hydroxylation is 1. The minimum atomic E-state index is -3.78. The number of benzene rings is 3. The van der Waals surface area contributed by atoms with Crippen LogP contribution in [0.4, 0.5) is 16.6 Å². The van der Waals surface area contributed by atoms with Gasteiger partial charge < -0.3 is 10.1 Å². The molecule has 5 aromatic rings. The second kappa shape index (κ2) is 9.88. The van der Waals surface area contributed by atoms with Crippen molar-refractivity contribution in [3.05, 3.63) is 77.8 Å². The van der Waals surface area contributed by atoms with Gasteiger partial charge in [0, 0.05) is 22.0 Å². The molecule has 2 aromatic heterocycles. The van der Waals surface area contributed by atoms with E-state index in [-0.39, 0.29) is 10.0 Å². The normalized spacial score (nSPS) is 11.4. The summed E-state index contributed by atoms with van der Waals surface area (Å²) < 4.78 is 33.2. The zero-order valence-electron chi connectivity index (χ0n) is 19.5. The third-order valence-electron chi connectivity index (χ3n) is 5.47. The van der Waals surface area contributed by atoms with Crippen LogP contribution in [-0.2, 0) is 16.4 Å². The maximum atomic E-state index is 12.7. The molecule has 0 atom stereocenters. The van der Waals surface area contributed by atoms with Crippen LogP contribution in [-0.4, -0.2) is 35.9 Å². The zero-order chi connectivity index (χ0) is 25.1. The maximum absolute atomic E-state index is 12.7. The average Bonchev–Trinajstić information content (AvgIpc) is 3.36. The van der Waals surface area contributed by atoms with Gasteiger partial charge in [-0.1, -0.05) is 42.5 Å². The van der Waals surface area contributed by atoms with E-state index in [9.17, 15) is 8.42 Å². The highest BCUT2D eigenvalue weighted by Crippen LogP contribution is 2.32. The second-order valence-electron chi connectivity index (χ2n) is 7.78. The van der Waals surface area contributed by atoms with Crippen LogP contribution < -0.4 is 14.8 Å². The molecule has 0 saturated carbocycles. The number of aromatic nitrogens is 4. The number of hydrogen-bond donors (Lipinski definition) is 2. The number of fused-ring (bicyclic) bond motifs is 1. The number of rotatable bonds is 8. The lowest BCUT2D eigenvalue weighted by atomic mass is 10.0. The number of ether oxygens (including phenoxy) is 1. The fourth-order valence-electron chi connectivity index (χ4n) is 3.62. The van der Waals surface area contributed by atoms with E-state index < -0.39 is 10.0 Å². The molecule has 2 N–H and O–H groups in total. The van der Waals surface area contributed by atoms with Crippen LogP contribution in [0.3, 0.4) is 0 Å². The highest BCUT2D eigenvalue weighted by atomic mass is 32.2. The molecule has 0 bridgehead atoms. The van der Waals surface area contributed by atoms with E-state index in [4.69, 9.17) is 4.74 Å². The number of nitrogens with zero attached hydrogens (tertiary/aromatic N) is 4. The largest absolute Gasteiger partial charge is 0.497 e. The van der Waals surface area contributed by atoms with Gasteiger partial charge in [-0.15, -0.1) is 20.4 Å². The van der Waals surface area contributed by atoms with Crippen molar-refractivity contribution in [3.8, 4) is 17.0 Å². The molecule has 36 heavy (non-hydrogen) atoms. The number of anilines is 3. The van der Waals surface area contributed by atoms with Gasteiger partial charge >= 0.3 is 0 Å². The highest BCUT2D eigenvalue weighted by molar-refractivity contribution is 7.93. The summed E-state index contributed by atoms with van der Waals surface area (Å²) in [4.78, 5) is 0.118. The van der Waals surface area contributed by atoms with Crippen molar-refractivity contribution in [2.75, 3.05) is 17.1 Å². The van der Waals surface area contributed by atoms with Crippen LogP contribution in [0.5, 0.6) is 5.75 Å². The van der Waals surface area contributed by atoms with Crippen molar-refractivity contribution < 1.29 is 13.2 Å². The van der Waals surface area contributed by atoms with E-state index in [1.165, 1.54) is 23.5 Å². The molecule has 0 amide bonds. The highest BCUT2D eigenvalue weighted by Gasteiger charge is 2.17. The van der Waals surface area contributed by atoms with Gasteiger partial charge in [0.2, 0.25) is 5.13 Å². The van der Waals surface area contributed by atoms with Crippen molar-refractivity contribution >= 4 is 48.8 Å². The van der Waals surface area contributed by atoms with Crippen molar-refractivity contribution in [2.45, 2.75) is 18.2 Å². The molecule has 0 spiro atoms. The van der Waals surface area contributed by atoms with Gasteiger partial charge in [0.05, 0.1) is 12.0 Å². The van der Waals surface area contributed by atoms with Crippen LogP contribution in [0.25, 0.3) is 22.0 Å². The Morgan fingerprint density at radius 1 is 0.861 bits per heavy atom. The topological polar surface area (TPSA) is 119 Å². The van der Waals surface area contributed by atoms with E-state index in [0.29, 0.717) is 17.9 Å². The quantitative estimate of drug-likeness (QED) is 0.285. The predicted octanol–water partition coefficient (Wildman–Crippen LogP) is 5.26. The van der Waals surface area contributed by atoms with Crippen molar-refractivity contribution in [1.82, 2.24) is 20.4 Å². The summed E-state index contributed by atoms with van der Waals surface area (Å²) >= 11 is 1.22. The molecule has 0 saturated heterocycles. The lowest BCUT2D eigenvalue weighted by Crippen LogP contribution is -2.12. The molecule has 0 fully saturated rings. The molecule has 0 radical (unpaired) electrons. The average molecular weight is 519 g/mol. The lowest BCUT2D eigenvalue weighted by molar-refractivity contribution is 0.415. The summed E-state index contributed by atoms with van der Waals surface area (Å²) in [5.41, 5.74) is 2.36. The van der Waals surface area contributed by atoms with Crippen molar-refractivity contribution in [2.24, 2.45) is 0 Å². The standard InChI is InChI=1S/C25H22N6O3S2/c1-3-22-27-30-25(35-22)31-36(32,33)19-14-10-17(11-15-19)26-24-21-7-5-4-6-20(21)23(28-29-24)16-8-12-18(34-2)13-9-16/h4-15H,3H2,1-2H3,(H,26,29)(H,30,31). The number of nitrogens with one attached hydrogen (secondary N) is 2. The fourth-order valence-corrected chi connectivity index (χ4v) is 5.53. The first-order chi connectivity index (χ1) is 17.5. The molecular weight excluding hydrogens is 496 g/mol. The molecule has 0 aliphatic heterocycles. The molecule has 2 heterocycles. The van der Waals surface area contributed by atoms with E-state index in [1.807, 2.05) is 55.5 Å². The van der Waals surface area contributed by atoms with Gasteiger partial charge in [-0.05, 0) is 55.0 Å². The first-order valence-electron chi connectivity index (χ1n) is 11.1. The Bertz CT molecular complexity index is 1620. The van der Waals surface area contributed by atoms with E-state index in [2.05, 4.69) is 30.4 Å². The second-order valence-corrected chi connectivity index (χ2v) is 10.5. The fraction of sp³-hybridized carbons (Fsp3) is 0.120. The molecule has 0 aliphatic carbocycles. The summed E-state index contributed by atoms with van der Waals surface area (Å²) in [6.45, 7) is 1.94. The van der Waals surface area contributed by atoms with Gasteiger partial charge in [-0.2, -0.15) is 0 Å². The predicted molar refractivity (Wildman–Crippen MR) is 141 cm³/mol. The molecule has 11 heteroatoms. The zero-order valence-corrected chi connectivity index (χ0v) is 21.1. The van der Waals surface area contributed by atoms with Gasteiger partial charge in [-0.3, -0.25) is 4.72 Å². The summed E-state index contributed by atoms with van der Waals surface area (Å²) in [5, 5.41) is 22.8. The third-order valence-corrected chi connectivity index (χ3v) is 7.94. The van der Waals surface area contributed by atoms with Gasteiger partial charge in [0.25, 0.3) is 10.0 Å². The Labute approximate surface area is 212 Å². The smallest absolute Gasteiger partial charge is 0.263 e. The summed E-state index contributed by atoms with van der Waals surface area (Å²) in [7, 11) is -2.15.